The lowest BCUT2D eigenvalue weighted by molar-refractivity contribution is 0.0718. The molecule has 0 aromatic heterocycles. The largest absolute Gasteiger partial charge is 0.508 e. The summed E-state index contributed by atoms with van der Waals surface area (Å²) in [5.41, 5.74) is 1.04. The van der Waals surface area contributed by atoms with E-state index in [9.17, 15) is 15.0 Å². The highest BCUT2D eigenvalue weighted by Gasteiger charge is 2.31. The first-order valence-corrected chi connectivity index (χ1v) is 7.25. The summed E-state index contributed by atoms with van der Waals surface area (Å²) in [7, 11) is 0. The number of benzene rings is 1. The molecule has 1 aromatic carbocycles. The Morgan fingerprint density at radius 1 is 1.30 bits per heavy atom. The van der Waals surface area contributed by atoms with Gasteiger partial charge in [0.25, 0.3) is 5.91 Å². The number of rotatable bonds is 4. The van der Waals surface area contributed by atoms with Crippen LogP contribution in [-0.2, 0) is 0 Å². The quantitative estimate of drug-likeness (QED) is 0.791. The molecule has 2 rings (SSSR count). The van der Waals surface area contributed by atoms with Gasteiger partial charge in [0.05, 0.1) is 6.61 Å². The lowest BCUT2D eigenvalue weighted by atomic mass is 9.74. The SMILES string of the molecule is Cc1ccc(C(=O)NCC2(CO)CCCCC2)cc1O. The molecule has 0 saturated heterocycles. The lowest BCUT2D eigenvalue weighted by Crippen LogP contribution is -2.41. The van der Waals surface area contributed by atoms with Crippen LogP contribution in [0.5, 0.6) is 5.75 Å². The molecular weight excluding hydrogens is 254 g/mol. The lowest BCUT2D eigenvalue weighted by Gasteiger charge is -2.35. The molecule has 1 amide bonds. The number of hydrogen-bond donors (Lipinski definition) is 3. The summed E-state index contributed by atoms with van der Waals surface area (Å²) < 4.78 is 0. The number of carbonyl (C=O) groups excluding carboxylic acids is 1. The number of phenolic OH excluding ortho intramolecular Hbond substituents is 1. The van der Waals surface area contributed by atoms with Gasteiger partial charge in [-0.3, -0.25) is 4.79 Å². The minimum atomic E-state index is -0.196. The minimum absolute atomic E-state index is 0.117. The Balaban J connectivity index is 1.98. The van der Waals surface area contributed by atoms with E-state index in [1.807, 2.05) is 0 Å². The van der Waals surface area contributed by atoms with Crippen LogP contribution in [0.3, 0.4) is 0 Å². The van der Waals surface area contributed by atoms with E-state index in [4.69, 9.17) is 0 Å². The van der Waals surface area contributed by atoms with Crippen molar-refractivity contribution in [3.8, 4) is 5.75 Å². The van der Waals surface area contributed by atoms with Crippen LogP contribution in [0.1, 0.15) is 48.0 Å². The van der Waals surface area contributed by atoms with Crippen molar-refractivity contribution in [2.75, 3.05) is 13.2 Å². The van der Waals surface area contributed by atoms with Crippen molar-refractivity contribution < 1.29 is 15.0 Å². The van der Waals surface area contributed by atoms with Gasteiger partial charge in [-0.15, -0.1) is 0 Å². The van der Waals surface area contributed by atoms with Crippen LogP contribution in [0, 0.1) is 12.3 Å². The molecule has 1 aromatic rings. The predicted octanol–water partition coefficient (Wildman–Crippen LogP) is 2.37. The van der Waals surface area contributed by atoms with E-state index in [1.54, 1.807) is 19.1 Å². The van der Waals surface area contributed by atoms with Crippen LogP contribution in [0.25, 0.3) is 0 Å². The fourth-order valence-electron chi connectivity index (χ4n) is 2.81. The van der Waals surface area contributed by atoms with Gasteiger partial charge in [-0.05, 0) is 37.5 Å². The molecule has 3 N–H and O–H groups in total. The van der Waals surface area contributed by atoms with Gasteiger partial charge in [0.15, 0.2) is 0 Å². The zero-order valence-electron chi connectivity index (χ0n) is 12.0. The minimum Gasteiger partial charge on any atom is -0.508 e. The van der Waals surface area contributed by atoms with Crippen LogP contribution < -0.4 is 5.32 Å². The summed E-state index contributed by atoms with van der Waals surface area (Å²) in [5, 5.41) is 22.2. The van der Waals surface area contributed by atoms with Crippen molar-refractivity contribution in [3.63, 3.8) is 0 Å². The molecule has 0 radical (unpaired) electrons. The van der Waals surface area contributed by atoms with E-state index < -0.39 is 0 Å². The van der Waals surface area contributed by atoms with Crippen LogP contribution in [0.15, 0.2) is 18.2 Å². The maximum absolute atomic E-state index is 12.1. The third-order valence-corrected chi connectivity index (χ3v) is 4.34. The Labute approximate surface area is 119 Å². The molecule has 110 valence electrons. The summed E-state index contributed by atoms with van der Waals surface area (Å²) >= 11 is 0. The second-order valence-electron chi connectivity index (χ2n) is 5.90. The van der Waals surface area contributed by atoms with E-state index in [0.717, 1.165) is 31.2 Å². The maximum atomic E-state index is 12.1. The average Bonchev–Trinajstić information content (AvgIpc) is 2.48. The Morgan fingerprint density at radius 2 is 2.00 bits per heavy atom. The summed E-state index contributed by atoms with van der Waals surface area (Å²) in [5.74, 6) is -0.0640. The van der Waals surface area contributed by atoms with Crippen molar-refractivity contribution in [2.45, 2.75) is 39.0 Å². The third kappa shape index (κ3) is 3.31. The van der Waals surface area contributed by atoms with E-state index in [0.29, 0.717) is 12.1 Å². The van der Waals surface area contributed by atoms with Gasteiger partial charge in [-0.1, -0.05) is 25.3 Å². The molecule has 0 atom stereocenters. The van der Waals surface area contributed by atoms with Crippen molar-refractivity contribution in [1.29, 1.82) is 0 Å². The predicted molar refractivity (Wildman–Crippen MR) is 77.8 cm³/mol. The smallest absolute Gasteiger partial charge is 0.251 e. The Hall–Kier alpha value is -1.55. The second kappa shape index (κ2) is 6.27. The number of aromatic hydroxyl groups is 1. The number of amides is 1. The van der Waals surface area contributed by atoms with Crippen molar-refractivity contribution in [1.82, 2.24) is 5.32 Å². The fraction of sp³-hybridized carbons (Fsp3) is 0.562. The maximum Gasteiger partial charge on any atom is 0.251 e. The fourth-order valence-corrected chi connectivity index (χ4v) is 2.81. The number of nitrogens with one attached hydrogen (secondary N) is 1. The molecule has 0 spiro atoms. The van der Waals surface area contributed by atoms with Crippen molar-refractivity contribution >= 4 is 5.91 Å². The highest BCUT2D eigenvalue weighted by Crippen LogP contribution is 2.35. The Bertz CT molecular complexity index is 479. The van der Waals surface area contributed by atoms with Gasteiger partial charge in [-0.25, -0.2) is 0 Å². The van der Waals surface area contributed by atoms with Crippen LogP contribution in [-0.4, -0.2) is 29.3 Å². The van der Waals surface area contributed by atoms with Gasteiger partial charge in [0.1, 0.15) is 5.75 Å². The summed E-state index contributed by atoms with van der Waals surface area (Å²) in [6, 6.07) is 4.92. The van der Waals surface area contributed by atoms with Gasteiger partial charge < -0.3 is 15.5 Å². The van der Waals surface area contributed by atoms with E-state index in [-0.39, 0.29) is 23.7 Å². The van der Waals surface area contributed by atoms with E-state index in [2.05, 4.69) is 5.32 Å². The number of aliphatic hydroxyl groups excluding tert-OH is 1. The summed E-state index contributed by atoms with van der Waals surface area (Å²) in [6.07, 6.45) is 5.36. The number of aryl methyl sites for hydroxylation is 1. The first-order chi connectivity index (χ1) is 9.56. The van der Waals surface area contributed by atoms with Crippen molar-refractivity contribution in [2.24, 2.45) is 5.41 Å². The monoisotopic (exact) mass is 277 g/mol. The van der Waals surface area contributed by atoms with E-state index >= 15 is 0 Å². The van der Waals surface area contributed by atoms with Gasteiger partial charge in [0, 0.05) is 17.5 Å². The third-order valence-electron chi connectivity index (χ3n) is 4.34. The zero-order valence-corrected chi connectivity index (χ0v) is 12.0. The molecule has 0 bridgehead atoms. The van der Waals surface area contributed by atoms with Crippen LogP contribution >= 0.6 is 0 Å². The van der Waals surface area contributed by atoms with E-state index in [1.165, 1.54) is 12.5 Å². The molecule has 0 heterocycles. The molecule has 4 nitrogen and oxygen atoms in total. The number of hydrogen-bond acceptors (Lipinski definition) is 3. The first-order valence-electron chi connectivity index (χ1n) is 7.25. The molecule has 1 saturated carbocycles. The molecular formula is C16H23NO3. The average molecular weight is 277 g/mol. The number of carbonyl (C=O) groups is 1. The Morgan fingerprint density at radius 3 is 2.60 bits per heavy atom. The molecule has 0 aliphatic heterocycles. The number of aliphatic hydroxyl groups is 1. The first kappa shape index (κ1) is 14.9. The highest BCUT2D eigenvalue weighted by molar-refractivity contribution is 5.94. The molecule has 0 unspecified atom stereocenters. The molecule has 4 heteroatoms. The van der Waals surface area contributed by atoms with Gasteiger partial charge >= 0.3 is 0 Å². The highest BCUT2D eigenvalue weighted by atomic mass is 16.3. The molecule has 20 heavy (non-hydrogen) atoms. The van der Waals surface area contributed by atoms with Gasteiger partial charge in [-0.2, -0.15) is 0 Å². The second-order valence-corrected chi connectivity index (χ2v) is 5.90. The topological polar surface area (TPSA) is 69.6 Å². The van der Waals surface area contributed by atoms with Crippen molar-refractivity contribution in [3.05, 3.63) is 29.3 Å². The number of phenols is 1. The standard InChI is InChI=1S/C16H23NO3/c1-12-5-6-13(9-14(12)19)15(20)17-10-16(11-18)7-3-2-4-8-16/h5-6,9,18-19H,2-4,7-8,10-11H2,1H3,(H,17,20). The molecule has 1 aliphatic rings. The van der Waals surface area contributed by atoms with Gasteiger partial charge in [0.2, 0.25) is 0 Å². The zero-order chi connectivity index (χ0) is 14.6. The molecule has 1 fully saturated rings. The van der Waals surface area contributed by atoms with Crippen LogP contribution in [0.4, 0.5) is 0 Å². The summed E-state index contributed by atoms with van der Waals surface area (Å²) in [4.78, 5) is 12.1. The normalized spacial score (nSPS) is 17.7. The summed E-state index contributed by atoms with van der Waals surface area (Å²) in [6.45, 7) is 2.41. The Kier molecular flexibility index (Phi) is 4.65. The molecule has 1 aliphatic carbocycles. The van der Waals surface area contributed by atoms with Crippen LogP contribution in [0.2, 0.25) is 0 Å².